The number of hydrogen-bond acceptors (Lipinski definition) is 1. The lowest BCUT2D eigenvalue weighted by molar-refractivity contribution is 0.0348. The molecule has 0 fully saturated rings. The standard InChI is InChI=1S/C17H37N/c1-10-18(11-2)13-12-17(9,16(6,7)8)14-15(3,4)5/h10-14H2,1-9H3. The lowest BCUT2D eigenvalue weighted by Crippen LogP contribution is -2.39. The molecule has 110 valence electrons. The lowest BCUT2D eigenvalue weighted by Gasteiger charge is -2.47. The van der Waals surface area contributed by atoms with Crippen molar-refractivity contribution in [3.05, 3.63) is 0 Å². The Morgan fingerprint density at radius 1 is 0.778 bits per heavy atom. The largest absolute Gasteiger partial charge is 0.304 e. The maximum absolute atomic E-state index is 2.55. The summed E-state index contributed by atoms with van der Waals surface area (Å²) >= 11 is 0. The van der Waals surface area contributed by atoms with Gasteiger partial charge in [0, 0.05) is 0 Å². The third-order valence-electron chi connectivity index (χ3n) is 4.61. The number of rotatable bonds is 6. The number of hydrogen-bond donors (Lipinski definition) is 0. The van der Waals surface area contributed by atoms with E-state index in [0.29, 0.717) is 16.2 Å². The van der Waals surface area contributed by atoms with Crippen LogP contribution >= 0.6 is 0 Å². The molecular formula is C17H37N. The van der Waals surface area contributed by atoms with Crippen molar-refractivity contribution in [2.24, 2.45) is 16.2 Å². The predicted molar refractivity (Wildman–Crippen MR) is 84.0 cm³/mol. The van der Waals surface area contributed by atoms with Gasteiger partial charge in [0.25, 0.3) is 0 Å². The normalized spacial score (nSPS) is 17.0. The summed E-state index contributed by atoms with van der Waals surface area (Å²) < 4.78 is 0. The van der Waals surface area contributed by atoms with E-state index in [2.05, 4.69) is 67.2 Å². The van der Waals surface area contributed by atoms with Gasteiger partial charge in [-0.2, -0.15) is 0 Å². The third kappa shape index (κ3) is 5.73. The van der Waals surface area contributed by atoms with E-state index in [4.69, 9.17) is 0 Å². The zero-order valence-electron chi connectivity index (χ0n) is 14.5. The van der Waals surface area contributed by atoms with Gasteiger partial charge in [0.05, 0.1) is 0 Å². The van der Waals surface area contributed by atoms with E-state index in [-0.39, 0.29) is 0 Å². The highest BCUT2D eigenvalue weighted by atomic mass is 15.1. The van der Waals surface area contributed by atoms with Crippen LogP contribution in [0.4, 0.5) is 0 Å². The molecule has 0 amide bonds. The second-order valence-corrected chi connectivity index (χ2v) is 8.32. The van der Waals surface area contributed by atoms with Gasteiger partial charge in [0.1, 0.15) is 0 Å². The van der Waals surface area contributed by atoms with Crippen molar-refractivity contribution in [1.29, 1.82) is 0 Å². The fourth-order valence-corrected chi connectivity index (χ4v) is 2.84. The molecule has 1 nitrogen and oxygen atoms in total. The minimum Gasteiger partial charge on any atom is -0.304 e. The Balaban J connectivity index is 4.80. The monoisotopic (exact) mass is 255 g/mol. The van der Waals surface area contributed by atoms with Gasteiger partial charge in [-0.1, -0.05) is 62.3 Å². The fraction of sp³-hybridized carbons (Fsp3) is 1.00. The van der Waals surface area contributed by atoms with Crippen LogP contribution < -0.4 is 0 Å². The second-order valence-electron chi connectivity index (χ2n) is 8.32. The summed E-state index contributed by atoms with van der Waals surface area (Å²) in [4.78, 5) is 2.55. The van der Waals surface area contributed by atoms with Crippen molar-refractivity contribution in [2.75, 3.05) is 19.6 Å². The molecule has 0 spiro atoms. The van der Waals surface area contributed by atoms with E-state index in [1.807, 2.05) is 0 Å². The zero-order chi connectivity index (χ0) is 14.6. The summed E-state index contributed by atoms with van der Waals surface area (Å²) in [5, 5.41) is 0. The SMILES string of the molecule is CCN(CC)CCC(C)(CC(C)(C)C)C(C)(C)C. The Hall–Kier alpha value is -0.0400. The molecule has 0 saturated carbocycles. The topological polar surface area (TPSA) is 3.24 Å². The Bertz CT molecular complexity index is 227. The van der Waals surface area contributed by atoms with Crippen molar-refractivity contribution in [1.82, 2.24) is 4.90 Å². The average molecular weight is 255 g/mol. The zero-order valence-corrected chi connectivity index (χ0v) is 14.5. The molecule has 0 bridgehead atoms. The van der Waals surface area contributed by atoms with Crippen molar-refractivity contribution >= 4 is 0 Å². The molecule has 0 rings (SSSR count). The highest BCUT2D eigenvalue weighted by molar-refractivity contribution is 4.90. The predicted octanol–water partition coefficient (Wildman–Crippen LogP) is 5.21. The van der Waals surface area contributed by atoms with E-state index in [9.17, 15) is 0 Å². The van der Waals surface area contributed by atoms with Crippen LogP contribution in [0, 0.1) is 16.2 Å². The van der Waals surface area contributed by atoms with Gasteiger partial charge in [-0.05, 0) is 48.7 Å². The molecule has 0 saturated heterocycles. The molecule has 1 atom stereocenters. The first-order chi connectivity index (χ1) is 7.95. The van der Waals surface area contributed by atoms with Crippen LogP contribution in [-0.4, -0.2) is 24.5 Å². The van der Waals surface area contributed by atoms with Gasteiger partial charge in [0.2, 0.25) is 0 Å². The highest BCUT2D eigenvalue weighted by Gasteiger charge is 2.39. The van der Waals surface area contributed by atoms with E-state index in [1.165, 1.54) is 32.5 Å². The lowest BCUT2D eigenvalue weighted by atomic mass is 9.60. The highest BCUT2D eigenvalue weighted by Crippen LogP contribution is 2.48. The summed E-state index contributed by atoms with van der Waals surface area (Å²) in [5.41, 5.74) is 1.19. The molecule has 0 aromatic heterocycles. The minimum absolute atomic E-state index is 0.368. The summed E-state index contributed by atoms with van der Waals surface area (Å²) in [6.07, 6.45) is 2.60. The molecule has 0 heterocycles. The molecule has 0 aliphatic heterocycles. The molecule has 0 aromatic carbocycles. The van der Waals surface area contributed by atoms with Gasteiger partial charge >= 0.3 is 0 Å². The molecule has 1 unspecified atom stereocenters. The second kappa shape index (κ2) is 6.41. The molecule has 0 aliphatic carbocycles. The first kappa shape index (κ1) is 18.0. The minimum atomic E-state index is 0.368. The van der Waals surface area contributed by atoms with Crippen molar-refractivity contribution in [2.45, 2.75) is 75.2 Å². The van der Waals surface area contributed by atoms with Crippen LogP contribution in [0.25, 0.3) is 0 Å². The van der Waals surface area contributed by atoms with Crippen LogP contribution in [0.15, 0.2) is 0 Å². The van der Waals surface area contributed by atoms with Crippen LogP contribution in [0.1, 0.15) is 75.2 Å². The van der Waals surface area contributed by atoms with Crippen LogP contribution in [0.5, 0.6) is 0 Å². The van der Waals surface area contributed by atoms with Crippen LogP contribution in [0.2, 0.25) is 0 Å². The number of nitrogens with zero attached hydrogens (tertiary/aromatic N) is 1. The maximum atomic E-state index is 2.55. The average Bonchev–Trinajstić information content (AvgIpc) is 2.14. The molecular weight excluding hydrogens is 218 g/mol. The molecule has 0 aromatic rings. The van der Waals surface area contributed by atoms with E-state index in [1.54, 1.807) is 0 Å². The molecule has 18 heavy (non-hydrogen) atoms. The first-order valence-electron chi connectivity index (χ1n) is 7.67. The van der Waals surface area contributed by atoms with E-state index in [0.717, 1.165) is 0 Å². The summed E-state index contributed by atoms with van der Waals surface area (Å²) in [5.74, 6) is 0. The van der Waals surface area contributed by atoms with Gasteiger partial charge in [-0.3, -0.25) is 0 Å². The van der Waals surface area contributed by atoms with Crippen molar-refractivity contribution in [3.8, 4) is 0 Å². The Kier molecular flexibility index (Phi) is 6.40. The smallest absolute Gasteiger partial charge is 0.00136 e. The van der Waals surface area contributed by atoms with Crippen molar-refractivity contribution < 1.29 is 0 Å². The van der Waals surface area contributed by atoms with E-state index < -0.39 is 0 Å². The van der Waals surface area contributed by atoms with Gasteiger partial charge in [-0.15, -0.1) is 0 Å². The maximum Gasteiger partial charge on any atom is -0.00136 e. The first-order valence-corrected chi connectivity index (χ1v) is 7.67. The summed E-state index contributed by atoms with van der Waals surface area (Å²) in [6.45, 7) is 24.9. The van der Waals surface area contributed by atoms with Crippen molar-refractivity contribution in [3.63, 3.8) is 0 Å². The Labute approximate surface area is 116 Å². The Morgan fingerprint density at radius 3 is 1.50 bits per heavy atom. The summed E-state index contributed by atoms with van der Waals surface area (Å²) in [6, 6.07) is 0. The van der Waals surface area contributed by atoms with Crippen LogP contribution in [-0.2, 0) is 0 Å². The van der Waals surface area contributed by atoms with E-state index >= 15 is 0 Å². The molecule has 0 radical (unpaired) electrons. The Morgan fingerprint density at radius 2 is 1.22 bits per heavy atom. The third-order valence-corrected chi connectivity index (χ3v) is 4.61. The quantitative estimate of drug-likeness (QED) is 0.630. The fourth-order valence-electron chi connectivity index (χ4n) is 2.84. The van der Waals surface area contributed by atoms with Crippen LogP contribution in [0.3, 0.4) is 0 Å². The van der Waals surface area contributed by atoms with Gasteiger partial charge in [-0.25, -0.2) is 0 Å². The van der Waals surface area contributed by atoms with Gasteiger partial charge < -0.3 is 4.90 Å². The van der Waals surface area contributed by atoms with Gasteiger partial charge in [0.15, 0.2) is 0 Å². The molecule has 0 N–H and O–H groups in total. The molecule has 1 heteroatoms. The molecule has 0 aliphatic rings. The summed E-state index contributed by atoms with van der Waals surface area (Å²) in [7, 11) is 0.